The summed E-state index contributed by atoms with van der Waals surface area (Å²) in [4.78, 5) is 0.336. The molecule has 0 bridgehead atoms. The second kappa shape index (κ2) is 5.79. The molecule has 0 atom stereocenters. The van der Waals surface area contributed by atoms with Gasteiger partial charge in [0, 0.05) is 12.1 Å². The van der Waals surface area contributed by atoms with E-state index in [4.69, 9.17) is 18.0 Å². The number of nitrogens with two attached hydrogens (primary N) is 1. The Morgan fingerprint density at radius 3 is 2.79 bits per heavy atom. The first-order chi connectivity index (χ1) is 8.99. The highest BCUT2D eigenvalue weighted by Gasteiger charge is 2.14. The summed E-state index contributed by atoms with van der Waals surface area (Å²) in [6, 6.07) is 8.16. The fraction of sp³-hybridized carbons (Fsp3) is 0.0833. The summed E-state index contributed by atoms with van der Waals surface area (Å²) in [5, 5.41) is 3.80. The molecule has 3 N–H and O–H groups in total. The van der Waals surface area contributed by atoms with Gasteiger partial charge < -0.3 is 5.73 Å². The van der Waals surface area contributed by atoms with Crippen LogP contribution >= 0.6 is 23.6 Å². The van der Waals surface area contributed by atoms with Gasteiger partial charge >= 0.3 is 0 Å². The third-order valence-electron chi connectivity index (χ3n) is 2.48. The highest BCUT2D eigenvalue weighted by Crippen LogP contribution is 2.13. The Balaban J connectivity index is 2.19. The molecule has 0 aliphatic rings. The van der Waals surface area contributed by atoms with E-state index in [1.807, 2.05) is 16.8 Å². The number of thiocarbonyl (C=S) groups is 1. The van der Waals surface area contributed by atoms with Crippen molar-refractivity contribution < 1.29 is 8.42 Å². The maximum absolute atomic E-state index is 12.1. The van der Waals surface area contributed by atoms with Gasteiger partial charge in [-0.1, -0.05) is 24.4 Å². The van der Waals surface area contributed by atoms with E-state index >= 15 is 0 Å². The molecule has 1 heterocycles. The third-order valence-corrected chi connectivity index (χ3v) is 4.84. The van der Waals surface area contributed by atoms with Crippen molar-refractivity contribution in [3.63, 3.8) is 0 Å². The molecule has 100 valence electrons. The average molecular weight is 312 g/mol. The van der Waals surface area contributed by atoms with Gasteiger partial charge in [-0.25, -0.2) is 13.1 Å². The van der Waals surface area contributed by atoms with Gasteiger partial charge in [-0.05, 0) is 34.5 Å². The number of sulfonamides is 1. The SMILES string of the molecule is NC(=S)c1cccc(S(=O)(=O)NCc2ccsc2)c1. The number of hydrogen-bond donors (Lipinski definition) is 2. The summed E-state index contributed by atoms with van der Waals surface area (Å²) in [5.41, 5.74) is 6.96. The minimum atomic E-state index is -3.55. The number of thiophene rings is 1. The molecule has 1 aromatic heterocycles. The number of benzene rings is 1. The summed E-state index contributed by atoms with van der Waals surface area (Å²) in [6.07, 6.45) is 0. The fourth-order valence-corrected chi connectivity index (χ4v) is 3.33. The van der Waals surface area contributed by atoms with Crippen LogP contribution in [0.1, 0.15) is 11.1 Å². The minimum Gasteiger partial charge on any atom is -0.389 e. The van der Waals surface area contributed by atoms with Crippen molar-refractivity contribution >= 4 is 38.6 Å². The molecule has 0 radical (unpaired) electrons. The largest absolute Gasteiger partial charge is 0.389 e. The van der Waals surface area contributed by atoms with Crippen molar-refractivity contribution in [2.45, 2.75) is 11.4 Å². The van der Waals surface area contributed by atoms with Crippen LogP contribution in [0, 0.1) is 0 Å². The number of nitrogens with one attached hydrogen (secondary N) is 1. The number of hydrogen-bond acceptors (Lipinski definition) is 4. The Kier molecular flexibility index (Phi) is 4.31. The highest BCUT2D eigenvalue weighted by atomic mass is 32.2. The van der Waals surface area contributed by atoms with Crippen molar-refractivity contribution in [1.82, 2.24) is 4.72 Å². The zero-order chi connectivity index (χ0) is 13.9. The van der Waals surface area contributed by atoms with E-state index in [2.05, 4.69) is 4.72 Å². The first-order valence-electron chi connectivity index (χ1n) is 5.39. The Hall–Kier alpha value is -1.28. The number of rotatable bonds is 5. The molecule has 0 saturated heterocycles. The fourth-order valence-electron chi connectivity index (χ4n) is 1.47. The van der Waals surface area contributed by atoms with Crippen molar-refractivity contribution in [2.75, 3.05) is 0 Å². The molecule has 7 heteroatoms. The van der Waals surface area contributed by atoms with Crippen LogP contribution in [0.2, 0.25) is 0 Å². The molecule has 4 nitrogen and oxygen atoms in total. The molecule has 0 aliphatic heterocycles. The smallest absolute Gasteiger partial charge is 0.240 e. The molecule has 2 aromatic rings. The van der Waals surface area contributed by atoms with Gasteiger partial charge in [0.15, 0.2) is 0 Å². The predicted molar refractivity (Wildman–Crippen MR) is 80.7 cm³/mol. The van der Waals surface area contributed by atoms with Gasteiger partial charge in [0.2, 0.25) is 10.0 Å². The van der Waals surface area contributed by atoms with Crippen LogP contribution < -0.4 is 10.5 Å². The minimum absolute atomic E-state index is 0.160. The standard InChI is InChI=1S/C12H12N2O2S3/c13-12(17)10-2-1-3-11(6-10)19(15,16)14-7-9-4-5-18-8-9/h1-6,8,14H,7H2,(H2,13,17). The molecule has 0 aliphatic carbocycles. The van der Waals surface area contributed by atoms with Crippen molar-refractivity contribution in [3.8, 4) is 0 Å². The van der Waals surface area contributed by atoms with Crippen molar-refractivity contribution in [2.24, 2.45) is 5.73 Å². The molecule has 0 amide bonds. The summed E-state index contributed by atoms with van der Waals surface area (Å²) in [6.45, 7) is 0.267. The first kappa shape index (κ1) is 14.1. The summed E-state index contributed by atoms with van der Waals surface area (Å²) < 4.78 is 26.8. The normalized spacial score (nSPS) is 11.4. The van der Waals surface area contributed by atoms with E-state index in [-0.39, 0.29) is 16.4 Å². The van der Waals surface area contributed by atoms with Gasteiger partial charge in [-0.2, -0.15) is 11.3 Å². The summed E-state index contributed by atoms with van der Waals surface area (Å²) in [7, 11) is -3.55. The zero-order valence-corrected chi connectivity index (χ0v) is 12.3. The maximum Gasteiger partial charge on any atom is 0.240 e. The van der Waals surface area contributed by atoms with E-state index in [9.17, 15) is 8.42 Å². The Labute approximate surface area is 121 Å². The van der Waals surface area contributed by atoms with Crippen LogP contribution in [0.15, 0.2) is 46.0 Å². The van der Waals surface area contributed by atoms with Crippen molar-refractivity contribution in [3.05, 3.63) is 52.2 Å². The maximum atomic E-state index is 12.1. The zero-order valence-electron chi connectivity index (χ0n) is 9.87. The monoisotopic (exact) mass is 312 g/mol. The lowest BCUT2D eigenvalue weighted by molar-refractivity contribution is 0.581. The molecule has 19 heavy (non-hydrogen) atoms. The van der Waals surface area contributed by atoms with Crippen molar-refractivity contribution in [1.29, 1.82) is 0 Å². The molecule has 1 aromatic carbocycles. The van der Waals surface area contributed by atoms with E-state index in [0.717, 1.165) is 5.56 Å². The van der Waals surface area contributed by atoms with Gasteiger partial charge in [0.1, 0.15) is 4.99 Å². The van der Waals surface area contributed by atoms with Crippen LogP contribution in [-0.4, -0.2) is 13.4 Å². The van der Waals surface area contributed by atoms with Gasteiger partial charge in [0.05, 0.1) is 4.90 Å². The predicted octanol–water partition coefficient (Wildman–Crippen LogP) is 1.86. The van der Waals surface area contributed by atoms with E-state index < -0.39 is 10.0 Å². The average Bonchev–Trinajstić information content (AvgIpc) is 2.90. The molecular weight excluding hydrogens is 300 g/mol. The van der Waals surface area contributed by atoms with E-state index in [1.165, 1.54) is 23.5 Å². The molecule has 0 saturated carbocycles. The lowest BCUT2D eigenvalue weighted by atomic mass is 10.2. The third kappa shape index (κ3) is 3.60. The second-order valence-corrected chi connectivity index (χ2v) is 6.84. The summed E-state index contributed by atoms with van der Waals surface area (Å²) >= 11 is 6.36. The molecule has 0 spiro atoms. The Morgan fingerprint density at radius 2 is 2.16 bits per heavy atom. The molecule has 2 rings (SSSR count). The lowest BCUT2D eigenvalue weighted by Crippen LogP contribution is -2.23. The van der Waals surface area contributed by atoms with Gasteiger partial charge in [0.25, 0.3) is 0 Å². The van der Waals surface area contributed by atoms with Crippen LogP contribution in [0.4, 0.5) is 0 Å². The lowest BCUT2D eigenvalue weighted by Gasteiger charge is -2.07. The Morgan fingerprint density at radius 1 is 1.37 bits per heavy atom. The van der Waals surface area contributed by atoms with E-state index in [0.29, 0.717) is 5.56 Å². The van der Waals surface area contributed by atoms with Crippen LogP contribution in [-0.2, 0) is 16.6 Å². The molecule has 0 unspecified atom stereocenters. The molecule has 0 fully saturated rings. The topological polar surface area (TPSA) is 72.2 Å². The second-order valence-electron chi connectivity index (χ2n) is 3.85. The Bertz CT molecular complexity index is 679. The first-order valence-corrected chi connectivity index (χ1v) is 8.23. The quantitative estimate of drug-likeness (QED) is 0.827. The van der Waals surface area contributed by atoms with Crippen LogP contribution in [0.25, 0.3) is 0 Å². The molecular formula is C12H12N2O2S3. The summed E-state index contributed by atoms with van der Waals surface area (Å²) in [5.74, 6) is 0. The van der Waals surface area contributed by atoms with Gasteiger partial charge in [-0.3, -0.25) is 0 Å². The van der Waals surface area contributed by atoms with Gasteiger partial charge in [-0.15, -0.1) is 0 Å². The van der Waals surface area contributed by atoms with E-state index in [1.54, 1.807) is 12.1 Å². The van der Waals surface area contributed by atoms with Crippen LogP contribution in [0.3, 0.4) is 0 Å². The highest BCUT2D eigenvalue weighted by molar-refractivity contribution is 7.89. The van der Waals surface area contributed by atoms with Crippen LogP contribution in [0.5, 0.6) is 0 Å².